The van der Waals surface area contributed by atoms with Crippen molar-refractivity contribution in [1.29, 1.82) is 0 Å². The minimum Gasteiger partial charge on any atom is -0.484 e. The quantitative estimate of drug-likeness (QED) is 0.411. The summed E-state index contributed by atoms with van der Waals surface area (Å²) in [7, 11) is 0. The van der Waals surface area contributed by atoms with Crippen LogP contribution in [0.1, 0.15) is 42.3 Å². The Morgan fingerprint density at radius 2 is 1.77 bits per heavy atom. The molecule has 5 heteroatoms. The number of oxazole rings is 1. The van der Waals surface area contributed by atoms with E-state index < -0.39 is 0 Å². The average molecular weight is 415 g/mol. The molecule has 1 heterocycles. The fourth-order valence-electron chi connectivity index (χ4n) is 3.34. The van der Waals surface area contributed by atoms with Crippen LogP contribution >= 0.6 is 0 Å². The van der Waals surface area contributed by atoms with Gasteiger partial charge in [-0.2, -0.15) is 0 Å². The van der Waals surface area contributed by atoms with Gasteiger partial charge in [-0.25, -0.2) is 4.98 Å². The van der Waals surface area contributed by atoms with E-state index in [0.29, 0.717) is 24.0 Å². The maximum absolute atomic E-state index is 12.2. The molecule has 0 unspecified atom stereocenters. The number of nitrogens with one attached hydrogen (secondary N) is 1. The van der Waals surface area contributed by atoms with Gasteiger partial charge in [0.15, 0.2) is 18.1 Å². The average Bonchev–Trinajstić information content (AvgIpc) is 3.15. The number of carbonyl (C=O) groups is 1. The Kier molecular flexibility index (Phi) is 6.03. The number of hydrogen-bond donors (Lipinski definition) is 1. The van der Waals surface area contributed by atoms with Gasteiger partial charge in [-0.1, -0.05) is 44.2 Å². The summed E-state index contributed by atoms with van der Waals surface area (Å²) in [6, 6.07) is 21.5. The summed E-state index contributed by atoms with van der Waals surface area (Å²) in [5.41, 5.74) is 5.85. The third-order valence-corrected chi connectivity index (χ3v) is 5.10. The van der Waals surface area contributed by atoms with E-state index in [4.69, 9.17) is 9.15 Å². The van der Waals surface area contributed by atoms with E-state index >= 15 is 0 Å². The molecule has 5 nitrogen and oxygen atoms in total. The van der Waals surface area contributed by atoms with Crippen molar-refractivity contribution in [1.82, 2.24) is 4.98 Å². The summed E-state index contributed by atoms with van der Waals surface area (Å²) in [6.07, 6.45) is 0.595. The van der Waals surface area contributed by atoms with Crippen molar-refractivity contribution in [3.63, 3.8) is 0 Å². The van der Waals surface area contributed by atoms with Crippen LogP contribution in [0.3, 0.4) is 0 Å². The van der Waals surface area contributed by atoms with Crippen LogP contribution < -0.4 is 10.1 Å². The van der Waals surface area contributed by atoms with Crippen LogP contribution in [0.25, 0.3) is 11.1 Å². The van der Waals surface area contributed by atoms with E-state index in [1.807, 2.05) is 73.7 Å². The van der Waals surface area contributed by atoms with Gasteiger partial charge < -0.3 is 14.5 Å². The van der Waals surface area contributed by atoms with Crippen molar-refractivity contribution < 1.29 is 13.9 Å². The molecule has 4 aromatic rings. The zero-order valence-corrected chi connectivity index (χ0v) is 18.0. The lowest BCUT2D eigenvalue weighted by Crippen LogP contribution is -2.20. The lowest BCUT2D eigenvalue weighted by molar-refractivity contribution is -0.118. The van der Waals surface area contributed by atoms with Gasteiger partial charge in [-0.05, 0) is 65.9 Å². The molecule has 0 fully saturated rings. The number of aryl methyl sites for hydroxylation is 1. The Morgan fingerprint density at radius 3 is 2.48 bits per heavy atom. The molecule has 0 saturated carbocycles. The number of rotatable bonds is 7. The maximum Gasteiger partial charge on any atom is 0.262 e. The topological polar surface area (TPSA) is 64.4 Å². The minimum atomic E-state index is -0.199. The minimum absolute atomic E-state index is 0.0366. The third-order valence-electron chi connectivity index (χ3n) is 5.10. The molecule has 0 aliphatic heterocycles. The number of benzene rings is 3. The van der Waals surface area contributed by atoms with E-state index in [0.717, 1.165) is 27.9 Å². The molecule has 158 valence electrons. The highest BCUT2D eigenvalue weighted by Crippen LogP contribution is 2.21. The second-order valence-corrected chi connectivity index (χ2v) is 8.01. The van der Waals surface area contributed by atoms with Crippen molar-refractivity contribution >= 4 is 22.7 Å². The first-order valence-corrected chi connectivity index (χ1v) is 10.4. The van der Waals surface area contributed by atoms with E-state index in [-0.39, 0.29) is 12.5 Å². The Bertz CT molecular complexity index is 1180. The molecule has 0 saturated heterocycles. The van der Waals surface area contributed by atoms with E-state index in [1.165, 1.54) is 5.56 Å². The lowest BCUT2D eigenvalue weighted by Gasteiger charge is -2.10. The zero-order valence-electron chi connectivity index (χ0n) is 18.0. The molecule has 0 aliphatic rings. The SMILES string of the molecule is Cc1ccc2oc(Cc3ccc(NC(=O)COc4ccc(C(C)C)cc4)cc3)nc2c1. The van der Waals surface area contributed by atoms with Crippen LogP contribution in [0.15, 0.2) is 71.1 Å². The third kappa shape index (κ3) is 5.31. The van der Waals surface area contributed by atoms with Gasteiger partial charge in [0.05, 0.1) is 0 Å². The number of nitrogens with zero attached hydrogens (tertiary/aromatic N) is 1. The molecule has 0 atom stereocenters. The Morgan fingerprint density at radius 1 is 1.03 bits per heavy atom. The summed E-state index contributed by atoms with van der Waals surface area (Å²) in [5, 5.41) is 2.86. The molecule has 3 aromatic carbocycles. The van der Waals surface area contributed by atoms with E-state index in [9.17, 15) is 4.79 Å². The molecular formula is C26H26N2O3. The fraction of sp³-hybridized carbons (Fsp3) is 0.231. The van der Waals surface area contributed by atoms with Crippen molar-refractivity contribution in [2.45, 2.75) is 33.1 Å². The fourth-order valence-corrected chi connectivity index (χ4v) is 3.34. The number of hydrogen-bond acceptors (Lipinski definition) is 4. The van der Waals surface area contributed by atoms with Gasteiger partial charge in [0.1, 0.15) is 11.3 Å². The zero-order chi connectivity index (χ0) is 21.8. The number of fused-ring (bicyclic) bond motifs is 1. The lowest BCUT2D eigenvalue weighted by atomic mass is 10.0. The first-order chi connectivity index (χ1) is 15.0. The number of amides is 1. The van der Waals surface area contributed by atoms with Crippen molar-refractivity contribution in [3.8, 4) is 5.75 Å². The molecule has 0 radical (unpaired) electrons. The van der Waals surface area contributed by atoms with Gasteiger partial charge in [0.2, 0.25) is 0 Å². The van der Waals surface area contributed by atoms with E-state index in [2.05, 4.69) is 24.1 Å². The monoisotopic (exact) mass is 414 g/mol. The van der Waals surface area contributed by atoms with Gasteiger partial charge in [-0.3, -0.25) is 4.79 Å². The van der Waals surface area contributed by atoms with Crippen LogP contribution in [0.2, 0.25) is 0 Å². The number of anilines is 1. The van der Waals surface area contributed by atoms with Gasteiger partial charge >= 0.3 is 0 Å². The summed E-state index contributed by atoms with van der Waals surface area (Å²) in [6.45, 7) is 6.28. The molecule has 1 N–H and O–H groups in total. The van der Waals surface area contributed by atoms with Crippen LogP contribution in [-0.2, 0) is 11.2 Å². The second-order valence-electron chi connectivity index (χ2n) is 8.01. The highest BCUT2D eigenvalue weighted by atomic mass is 16.5. The van der Waals surface area contributed by atoms with Crippen LogP contribution in [0.5, 0.6) is 5.75 Å². The van der Waals surface area contributed by atoms with Crippen molar-refractivity contribution in [3.05, 3.63) is 89.3 Å². The van der Waals surface area contributed by atoms with Gasteiger partial charge in [0, 0.05) is 12.1 Å². The standard InChI is InChI=1S/C26H26N2O3/c1-17(2)20-7-11-22(12-8-20)30-16-25(29)27-21-9-5-19(6-10-21)15-26-28-23-14-18(3)4-13-24(23)31-26/h4-14,17H,15-16H2,1-3H3,(H,27,29). The molecule has 1 aromatic heterocycles. The molecule has 4 rings (SSSR count). The Hall–Kier alpha value is -3.60. The second kappa shape index (κ2) is 9.04. The highest BCUT2D eigenvalue weighted by molar-refractivity contribution is 5.91. The van der Waals surface area contributed by atoms with E-state index in [1.54, 1.807) is 0 Å². The molecule has 0 spiro atoms. The van der Waals surface area contributed by atoms with Crippen LogP contribution in [0, 0.1) is 6.92 Å². The number of ether oxygens (including phenoxy) is 1. The molecule has 31 heavy (non-hydrogen) atoms. The Labute approximate surface area is 182 Å². The number of aromatic nitrogens is 1. The predicted molar refractivity (Wildman–Crippen MR) is 123 cm³/mol. The molecule has 0 aliphatic carbocycles. The van der Waals surface area contributed by atoms with Crippen molar-refractivity contribution in [2.75, 3.05) is 11.9 Å². The smallest absolute Gasteiger partial charge is 0.262 e. The van der Waals surface area contributed by atoms with Crippen LogP contribution in [-0.4, -0.2) is 17.5 Å². The number of carbonyl (C=O) groups excluding carboxylic acids is 1. The van der Waals surface area contributed by atoms with Gasteiger partial charge in [-0.15, -0.1) is 0 Å². The summed E-state index contributed by atoms with van der Waals surface area (Å²) < 4.78 is 11.4. The van der Waals surface area contributed by atoms with Crippen molar-refractivity contribution in [2.24, 2.45) is 0 Å². The van der Waals surface area contributed by atoms with Crippen LogP contribution in [0.4, 0.5) is 5.69 Å². The normalized spacial score (nSPS) is 11.1. The molecular weight excluding hydrogens is 388 g/mol. The molecule has 0 bridgehead atoms. The maximum atomic E-state index is 12.2. The predicted octanol–water partition coefficient (Wildman–Crippen LogP) is 5.87. The summed E-state index contributed by atoms with van der Waals surface area (Å²) >= 11 is 0. The first kappa shape index (κ1) is 20.7. The Balaban J connectivity index is 1.30. The summed E-state index contributed by atoms with van der Waals surface area (Å²) in [5.74, 6) is 1.62. The first-order valence-electron chi connectivity index (χ1n) is 10.4. The largest absolute Gasteiger partial charge is 0.484 e. The highest BCUT2D eigenvalue weighted by Gasteiger charge is 2.08. The summed E-state index contributed by atoms with van der Waals surface area (Å²) in [4.78, 5) is 16.8. The molecule has 1 amide bonds. The van der Waals surface area contributed by atoms with Gasteiger partial charge in [0.25, 0.3) is 5.91 Å².